The molecule has 192 valence electrons. The largest absolute Gasteiger partial charge is 4.00 e. The summed E-state index contributed by atoms with van der Waals surface area (Å²) in [7, 11) is 0. The smallest absolute Gasteiger partial charge is 0.700 e. The van der Waals surface area contributed by atoms with E-state index in [1.807, 2.05) is 19.1 Å². The van der Waals surface area contributed by atoms with E-state index in [-0.39, 0.29) is 66.8 Å². The minimum absolute atomic E-state index is 0. The fourth-order valence-electron chi connectivity index (χ4n) is 3.79. The summed E-state index contributed by atoms with van der Waals surface area (Å²) in [5.41, 5.74) is 29.8. The van der Waals surface area contributed by atoms with Gasteiger partial charge >= 0.3 is 42.1 Å². The average Bonchev–Trinajstić information content (AvgIpc) is 2.69. The molecule has 7 atom stereocenters. The summed E-state index contributed by atoms with van der Waals surface area (Å²) < 4.78 is 0. The van der Waals surface area contributed by atoms with Crippen LogP contribution in [0.1, 0.15) is 85.5 Å². The zero-order valence-electron chi connectivity index (χ0n) is 21.2. The molecule has 34 heavy (non-hydrogen) atoms. The van der Waals surface area contributed by atoms with Crippen LogP contribution in [0.3, 0.4) is 0 Å². The third-order valence-electron chi connectivity index (χ3n) is 5.58. The molecule has 0 aromatic carbocycles. The van der Waals surface area contributed by atoms with Gasteiger partial charge in [0.05, 0.1) is 0 Å². The van der Waals surface area contributed by atoms with Gasteiger partial charge in [-0.1, -0.05) is 97.6 Å². The normalized spacial score (nSPS) is 34.4. The van der Waals surface area contributed by atoms with Crippen molar-refractivity contribution in [2.75, 3.05) is 0 Å². The first-order valence-electron chi connectivity index (χ1n) is 12.2. The Kier molecular flexibility index (Phi) is 23.1. The van der Waals surface area contributed by atoms with E-state index in [4.69, 9.17) is 22.9 Å². The van der Waals surface area contributed by atoms with Gasteiger partial charge in [0.25, 0.3) is 0 Å². The van der Waals surface area contributed by atoms with Gasteiger partial charge in [-0.15, -0.1) is 24.2 Å². The molecule has 3 fully saturated rings. The van der Waals surface area contributed by atoms with Crippen LogP contribution in [-0.4, -0.2) is 42.8 Å². The van der Waals surface area contributed by atoms with Crippen LogP contribution in [0.4, 0.5) is 0 Å². The molecular weight excluding hydrogens is 592 g/mol. The number of hydrogen-bond acceptors (Lipinski definition) is 0. The van der Waals surface area contributed by atoms with Crippen molar-refractivity contribution >= 4 is 0 Å². The number of allylic oxidation sites excluding steroid dienone is 3. The summed E-state index contributed by atoms with van der Waals surface area (Å²) >= 11 is 0. The van der Waals surface area contributed by atoms with E-state index in [2.05, 4.69) is 42.0 Å². The molecule has 0 amide bonds. The van der Waals surface area contributed by atoms with Crippen molar-refractivity contribution in [2.24, 2.45) is 0 Å². The molecule has 3 saturated heterocycles. The van der Waals surface area contributed by atoms with E-state index in [0.29, 0.717) is 18.1 Å². The Morgan fingerprint density at radius 3 is 1.18 bits per heavy atom. The number of nitrogens with zero attached hydrogens (tertiary/aromatic N) is 4. The molecule has 4 rings (SSSR count). The van der Waals surface area contributed by atoms with E-state index in [1.54, 1.807) is 6.08 Å². The molecule has 0 radical (unpaired) electrons. The van der Waals surface area contributed by atoms with Gasteiger partial charge in [-0.25, -0.2) is 24.7 Å². The van der Waals surface area contributed by atoms with Crippen LogP contribution in [-0.2, 0) is 42.1 Å². The van der Waals surface area contributed by atoms with E-state index in [0.717, 1.165) is 25.0 Å². The van der Waals surface area contributed by atoms with Gasteiger partial charge in [0, 0.05) is 0 Å². The molecule has 0 saturated carbocycles. The van der Waals surface area contributed by atoms with Crippen LogP contribution in [0, 0.1) is 0 Å². The van der Waals surface area contributed by atoms with Gasteiger partial charge in [-0.05, 0) is 0 Å². The Morgan fingerprint density at radius 2 is 1.00 bits per heavy atom. The van der Waals surface area contributed by atoms with Crippen LogP contribution < -0.4 is 0 Å². The summed E-state index contributed by atoms with van der Waals surface area (Å²) in [5.74, 6) is 0. The SMILES string of the molecule is CC1=CC=CC([NH-])[N-]1.CC1CCCC([NH-])[N-]1.CC1CCCC([NH-])[N-]1.CC1CCCC([NH-])[N-]1.[Mo+4].[Mo+4]. The van der Waals surface area contributed by atoms with Crippen LogP contribution in [0.5, 0.6) is 0 Å². The van der Waals surface area contributed by atoms with Gasteiger partial charge in [-0.2, -0.15) is 5.70 Å². The van der Waals surface area contributed by atoms with Crippen LogP contribution in [0.2, 0.25) is 0 Å². The quantitative estimate of drug-likeness (QED) is 0.233. The molecule has 4 heterocycles. The molecule has 10 heteroatoms. The Bertz CT molecular complexity index is 478. The van der Waals surface area contributed by atoms with Crippen molar-refractivity contribution in [1.29, 1.82) is 0 Å². The second-order valence-corrected chi connectivity index (χ2v) is 9.10. The minimum Gasteiger partial charge on any atom is -0.700 e. The third-order valence-corrected chi connectivity index (χ3v) is 5.58. The third kappa shape index (κ3) is 19.6. The van der Waals surface area contributed by atoms with Crippen molar-refractivity contribution in [2.45, 2.75) is 128 Å². The van der Waals surface area contributed by atoms with Gasteiger partial charge in [-0.3, -0.25) is 0 Å². The predicted octanol–water partition coefficient (Wildman–Crippen LogP) is 9.14. The predicted molar refractivity (Wildman–Crippen MR) is 139 cm³/mol. The van der Waals surface area contributed by atoms with Crippen LogP contribution in [0.15, 0.2) is 23.9 Å². The summed E-state index contributed by atoms with van der Waals surface area (Å²) in [4.78, 5) is 0. The Labute approximate surface area is 237 Å². The van der Waals surface area contributed by atoms with Crippen molar-refractivity contribution in [3.8, 4) is 0 Å². The summed E-state index contributed by atoms with van der Waals surface area (Å²) in [6.45, 7) is 8.15. The van der Waals surface area contributed by atoms with Crippen molar-refractivity contribution in [3.63, 3.8) is 0 Å². The Hall–Kier alpha value is 0.377. The molecule has 0 aliphatic carbocycles. The number of rotatable bonds is 0. The van der Waals surface area contributed by atoms with Crippen LogP contribution in [0.25, 0.3) is 44.2 Å². The minimum atomic E-state index is -0.361. The molecule has 0 aromatic rings. The summed E-state index contributed by atoms with van der Waals surface area (Å²) in [5, 5.41) is 16.4. The maximum absolute atomic E-state index is 7.24. The molecule has 4 aliphatic heterocycles. The molecule has 0 aromatic heterocycles. The van der Waals surface area contributed by atoms with E-state index in [1.165, 1.54) is 38.5 Å². The first-order valence-corrected chi connectivity index (χ1v) is 12.2. The maximum atomic E-state index is 7.24. The Balaban J connectivity index is 0. The molecule has 4 aliphatic rings. The molecule has 0 bridgehead atoms. The summed E-state index contributed by atoms with van der Waals surface area (Å²) in [6.07, 6.45) is 14.9. The first kappa shape index (κ1) is 36.5. The molecular formula is C24H44Mo2N8. The number of piperidine rings is 3. The van der Waals surface area contributed by atoms with Gasteiger partial charge in [0.15, 0.2) is 0 Å². The maximum Gasteiger partial charge on any atom is 4.00 e. The molecule has 7 unspecified atom stereocenters. The number of nitrogens with one attached hydrogen (secondary N) is 4. The van der Waals surface area contributed by atoms with Gasteiger partial charge in [0.2, 0.25) is 0 Å². The van der Waals surface area contributed by atoms with Crippen LogP contribution >= 0.6 is 0 Å². The Morgan fingerprint density at radius 1 is 0.647 bits per heavy atom. The topological polar surface area (TPSA) is 152 Å². The second-order valence-electron chi connectivity index (χ2n) is 9.10. The molecule has 0 spiro atoms. The molecule has 4 N–H and O–H groups in total. The standard InChI is InChI=1S/3C6H12N2.C6H8N2.2Mo/c4*1-5-3-2-4-6(7)8-5;;/h3*5-7H,2-4H2,1H3;2-4,6-7H,1H3;;/q4*-2;2*+4. The van der Waals surface area contributed by atoms with E-state index >= 15 is 0 Å². The number of hydrogen-bond donors (Lipinski definition) is 0. The van der Waals surface area contributed by atoms with Crippen molar-refractivity contribution < 1.29 is 42.1 Å². The molecule has 8 nitrogen and oxygen atoms in total. The van der Waals surface area contributed by atoms with Gasteiger partial charge in [0.1, 0.15) is 0 Å². The average molecular weight is 637 g/mol. The van der Waals surface area contributed by atoms with Gasteiger partial charge < -0.3 is 44.2 Å². The second kappa shape index (κ2) is 21.5. The van der Waals surface area contributed by atoms with Crippen molar-refractivity contribution in [1.82, 2.24) is 0 Å². The zero-order valence-corrected chi connectivity index (χ0v) is 25.3. The summed E-state index contributed by atoms with van der Waals surface area (Å²) in [6, 6.07) is 1.35. The van der Waals surface area contributed by atoms with E-state index < -0.39 is 0 Å². The van der Waals surface area contributed by atoms with Crippen molar-refractivity contribution in [3.05, 3.63) is 68.1 Å². The fraction of sp³-hybridized carbons (Fsp3) is 0.833. The monoisotopic (exact) mass is 640 g/mol. The fourth-order valence-corrected chi connectivity index (χ4v) is 3.79. The zero-order chi connectivity index (χ0) is 23.9. The van der Waals surface area contributed by atoms with E-state index in [9.17, 15) is 0 Å². The first-order chi connectivity index (χ1) is 15.2.